The molecule has 0 bridgehead atoms. The maximum atomic E-state index is 9.84. The van der Waals surface area contributed by atoms with Crippen LogP contribution in [0.1, 0.15) is 60.6 Å². The Morgan fingerprint density at radius 2 is 1.17 bits per heavy atom. The lowest BCUT2D eigenvalue weighted by Gasteiger charge is -2.30. The molecule has 0 saturated heterocycles. The molecule has 2 atom stereocenters. The average Bonchev–Trinajstić information content (AvgIpc) is 2.54. The van der Waals surface area contributed by atoms with Crippen molar-refractivity contribution in [3.05, 3.63) is 71.8 Å². The Morgan fingerprint density at radius 1 is 0.708 bits per heavy atom. The van der Waals surface area contributed by atoms with Gasteiger partial charge in [-0.3, -0.25) is 0 Å². The molecule has 2 aromatic carbocycles. The lowest BCUT2D eigenvalue weighted by atomic mass is 9.79. The predicted octanol–water partition coefficient (Wildman–Crippen LogP) is 6.44. The van der Waals surface area contributed by atoms with Crippen LogP contribution in [0.15, 0.2) is 60.7 Å². The van der Waals surface area contributed by atoms with Gasteiger partial charge < -0.3 is 5.11 Å². The molecule has 24 heavy (non-hydrogen) atoms. The summed E-state index contributed by atoms with van der Waals surface area (Å²) in [5.41, 5.74) is 2.50. The molecule has 0 heterocycles. The fraction of sp³-hybridized carbons (Fsp3) is 0.455. The predicted molar refractivity (Wildman–Crippen MR) is 104 cm³/mol. The van der Waals surface area contributed by atoms with Gasteiger partial charge in [0.2, 0.25) is 0 Å². The van der Waals surface area contributed by atoms with E-state index in [1.807, 2.05) is 30.3 Å². The van der Waals surface area contributed by atoms with Crippen molar-refractivity contribution in [1.82, 2.24) is 0 Å². The summed E-state index contributed by atoms with van der Waals surface area (Å²) in [6.45, 7) is 0. The fourth-order valence-corrected chi connectivity index (χ4v) is 4.15. The van der Waals surface area contributed by atoms with Gasteiger partial charge >= 0.3 is 0 Å². The first-order valence-corrected chi connectivity index (χ1v) is 10.1. The van der Waals surface area contributed by atoms with Gasteiger partial charge in [0.15, 0.2) is 0 Å². The van der Waals surface area contributed by atoms with Crippen molar-refractivity contribution in [3.8, 4) is 0 Å². The van der Waals surface area contributed by atoms with Crippen molar-refractivity contribution in [3.63, 3.8) is 0 Å². The third kappa shape index (κ3) is 4.49. The molecular formula is C22H27BrO. The fourth-order valence-electron chi connectivity index (χ4n) is 3.32. The zero-order chi connectivity index (χ0) is 16.8. The quantitative estimate of drug-likeness (QED) is 0.599. The molecule has 0 aliphatic heterocycles. The highest BCUT2D eigenvalue weighted by atomic mass is 79.9. The smallest absolute Gasteiger partial charge is 0.0818 e. The minimum absolute atomic E-state index is 0.222. The summed E-state index contributed by atoms with van der Waals surface area (Å²) in [5, 5.41) is 9.84. The molecule has 1 nitrogen and oxygen atoms in total. The first-order chi connectivity index (χ1) is 11.8. The molecule has 2 heteroatoms. The molecule has 0 aromatic heterocycles. The SMILES string of the molecule is BrC(c1ccccc1)C1CCC1.OC(c1ccccc1)C1CCC1. The van der Waals surface area contributed by atoms with Crippen molar-refractivity contribution in [2.24, 2.45) is 11.8 Å². The van der Waals surface area contributed by atoms with E-state index in [0.29, 0.717) is 10.7 Å². The Labute approximate surface area is 154 Å². The van der Waals surface area contributed by atoms with Crippen LogP contribution in [0.5, 0.6) is 0 Å². The van der Waals surface area contributed by atoms with Crippen LogP contribution < -0.4 is 0 Å². The highest BCUT2D eigenvalue weighted by molar-refractivity contribution is 9.09. The Hall–Kier alpha value is -1.12. The van der Waals surface area contributed by atoms with Crippen molar-refractivity contribution in [1.29, 1.82) is 0 Å². The van der Waals surface area contributed by atoms with Gasteiger partial charge in [0.25, 0.3) is 0 Å². The lowest BCUT2D eigenvalue weighted by Crippen LogP contribution is -2.19. The van der Waals surface area contributed by atoms with Gasteiger partial charge in [-0.15, -0.1) is 0 Å². The monoisotopic (exact) mass is 386 g/mol. The van der Waals surface area contributed by atoms with Crippen LogP contribution in [-0.2, 0) is 0 Å². The first-order valence-electron chi connectivity index (χ1n) is 9.17. The van der Waals surface area contributed by atoms with Crippen LogP contribution in [0.3, 0.4) is 0 Å². The number of hydrogen-bond acceptors (Lipinski definition) is 1. The molecule has 2 unspecified atom stereocenters. The van der Waals surface area contributed by atoms with Crippen LogP contribution in [0.2, 0.25) is 0 Å². The van der Waals surface area contributed by atoms with Crippen molar-refractivity contribution in [2.45, 2.75) is 49.5 Å². The van der Waals surface area contributed by atoms with Gasteiger partial charge in [0.05, 0.1) is 6.10 Å². The summed E-state index contributed by atoms with van der Waals surface area (Å²) in [6.07, 6.45) is 7.65. The molecule has 0 radical (unpaired) electrons. The van der Waals surface area contributed by atoms with E-state index < -0.39 is 0 Å². The van der Waals surface area contributed by atoms with E-state index in [9.17, 15) is 5.11 Å². The topological polar surface area (TPSA) is 20.2 Å². The molecular weight excluding hydrogens is 360 g/mol. The van der Waals surface area contributed by atoms with Gasteiger partial charge in [0.1, 0.15) is 0 Å². The third-order valence-corrected chi connectivity index (χ3v) is 6.70. The number of hydrogen-bond donors (Lipinski definition) is 1. The number of benzene rings is 2. The first kappa shape index (κ1) is 17.7. The molecule has 2 aliphatic carbocycles. The van der Waals surface area contributed by atoms with Crippen LogP contribution in [0.25, 0.3) is 0 Å². The van der Waals surface area contributed by atoms with Gasteiger partial charge in [-0.05, 0) is 48.6 Å². The van der Waals surface area contributed by atoms with E-state index in [1.54, 1.807) is 0 Å². The minimum atomic E-state index is -0.222. The maximum absolute atomic E-state index is 9.84. The summed E-state index contributed by atoms with van der Waals surface area (Å²) in [5.74, 6) is 1.40. The molecule has 4 rings (SSSR count). The van der Waals surface area contributed by atoms with E-state index in [2.05, 4.69) is 46.3 Å². The zero-order valence-electron chi connectivity index (χ0n) is 14.2. The summed E-state index contributed by atoms with van der Waals surface area (Å²) in [4.78, 5) is 0.590. The Bertz CT molecular complexity index is 534. The second-order valence-corrected chi connectivity index (χ2v) is 8.04. The lowest BCUT2D eigenvalue weighted by molar-refractivity contribution is 0.0621. The normalized spacial score (nSPS) is 20.1. The Balaban J connectivity index is 0.000000141. The molecule has 2 aromatic rings. The Morgan fingerprint density at radius 3 is 1.58 bits per heavy atom. The second-order valence-electron chi connectivity index (χ2n) is 7.05. The van der Waals surface area contributed by atoms with E-state index in [0.717, 1.165) is 11.5 Å². The summed E-state index contributed by atoms with van der Waals surface area (Å²) < 4.78 is 0. The molecule has 2 fully saturated rings. The molecule has 0 amide bonds. The van der Waals surface area contributed by atoms with E-state index in [-0.39, 0.29) is 6.10 Å². The van der Waals surface area contributed by atoms with Gasteiger partial charge in [-0.2, -0.15) is 0 Å². The number of alkyl halides is 1. The molecule has 2 saturated carbocycles. The molecule has 1 N–H and O–H groups in total. The Kier molecular flexibility index (Phi) is 6.51. The van der Waals surface area contributed by atoms with E-state index >= 15 is 0 Å². The van der Waals surface area contributed by atoms with Crippen molar-refractivity contribution < 1.29 is 5.11 Å². The highest BCUT2D eigenvalue weighted by Gasteiger charge is 2.26. The van der Waals surface area contributed by atoms with Crippen LogP contribution in [0.4, 0.5) is 0 Å². The van der Waals surface area contributed by atoms with E-state index in [4.69, 9.17) is 0 Å². The standard InChI is InChI=1S/C11H13Br.C11H14O/c2*12-11(10-7-4-8-10)9-5-2-1-3-6-9/h1-3,5-6,10-11H,4,7-8H2;1-3,5-6,10-12H,4,7-8H2. The summed E-state index contributed by atoms with van der Waals surface area (Å²) in [6, 6.07) is 20.7. The van der Waals surface area contributed by atoms with Gasteiger partial charge in [-0.25, -0.2) is 0 Å². The minimum Gasteiger partial charge on any atom is -0.388 e. The number of halogens is 1. The molecule has 128 valence electrons. The zero-order valence-corrected chi connectivity index (χ0v) is 15.7. The van der Waals surface area contributed by atoms with Crippen LogP contribution in [0, 0.1) is 11.8 Å². The third-order valence-electron chi connectivity index (χ3n) is 5.42. The number of aliphatic hydroxyl groups excluding tert-OH is 1. The van der Waals surface area contributed by atoms with Gasteiger partial charge in [0, 0.05) is 4.83 Å². The maximum Gasteiger partial charge on any atom is 0.0818 e. The molecule has 2 aliphatic rings. The number of rotatable bonds is 4. The van der Waals surface area contributed by atoms with Crippen LogP contribution >= 0.6 is 15.9 Å². The van der Waals surface area contributed by atoms with Crippen LogP contribution in [-0.4, -0.2) is 5.11 Å². The highest BCUT2D eigenvalue weighted by Crippen LogP contribution is 2.42. The van der Waals surface area contributed by atoms with Gasteiger partial charge in [-0.1, -0.05) is 89.4 Å². The molecule has 0 spiro atoms. The van der Waals surface area contributed by atoms with E-state index in [1.165, 1.54) is 44.1 Å². The second kappa shape index (κ2) is 8.82. The van der Waals surface area contributed by atoms with Crippen molar-refractivity contribution in [2.75, 3.05) is 0 Å². The largest absolute Gasteiger partial charge is 0.388 e. The summed E-state index contributed by atoms with van der Waals surface area (Å²) in [7, 11) is 0. The van der Waals surface area contributed by atoms with Crippen molar-refractivity contribution >= 4 is 15.9 Å². The average molecular weight is 387 g/mol. The number of aliphatic hydroxyl groups is 1. The summed E-state index contributed by atoms with van der Waals surface area (Å²) >= 11 is 3.76.